The number of nitrogens with zero attached hydrogens (tertiary/aromatic N) is 2. The summed E-state index contributed by atoms with van der Waals surface area (Å²) >= 11 is 3.56. The lowest BCUT2D eigenvalue weighted by atomic mass is 9.82. The molecule has 132 valence electrons. The number of carbonyl (C=O) groups is 1. The minimum atomic E-state index is -0.286. The summed E-state index contributed by atoms with van der Waals surface area (Å²) in [6.45, 7) is 14.8. The first-order chi connectivity index (χ1) is 10.9. The molecule has 2 heterocycles. The molecule has 0 unspecified atom stereocenters. The second-order valence-corrected chi connectivity index (χ2v) is 9.25. The molecular weight excluding hydrogens is 366 g/mol. The highest BCUT2D eigenvalue weighted by atomic mass is 79.9. The van der Waals surface area contributed by atoms with Gasteiger partial charge in [-0.15, -0.1) is 0 Å². The van der Waals surface area contributed by atoms with Gasteiger partial charge in [0.1, 0.15) is 5.69 Å². The third kappa shape index (κ3) is 4.18. The number of fused-ring (bicyclic) bond motifs is 1. The van der Waals surface area contributed by atoms with Crippen LogP contribution in [0.4, 0.5) is 0 Å². The maximum atomic E-state index is 13.0. The summed E-state index contributed by atoms with van der Waals surface area (Å²) in [4.78, 5) is 17.7. The predicted octanol–water partition coefficient (Wildman–Crippen LogP) is 4.91. The van der Waals surface area contributed by atoms with Gasteiger partial charge in [-0.1, -0.05) is 27.7 Å². The van der Waals surface area contributed by atoms with E-state index < -0.39 is 0 Å². The van der Waals surface area contributed by atoms with E-state index in [1.165, 1.54) is 0 Å². The first kappa shape index (κ1) is 19.0. The van der Waals surface area contributed by atoms with Crippen LogP contribution in [0.25, 0.3) is 5.65 Å². The SMILES string of the molecule is CCc1nc2c(Br)cc(C)cn2c1C(=O)NC(C)(C)CC(C)(C)C. The molecule has 0 aliphatic rings. The minimum absolute atomic E-state index is 0.0638. The molecule has 0 fully saturated rings. The molecule has 1 N–H and O–H groups in total. The van der Waals surface area contributed by atoms with Crippen molar-refractivity contribution in [3.63, 3.8) is 0 Å². The first-order valence-corrected chi connectivity index (χ1v) is 9.22. The largest absolute Gasteiger partial charge is 0.346 e. The van der Waals surface area contributed by atoms with Crippen molar-refractivity contribution in [2.75, 3.05) is 0 Å². The molecule has 2 rings (SSSR count). The minimum Gasteiger partial charge on any atom is -0.346 e. The van der Waals surface area contributed by atoms with Crippen LogP contribution >= 0.6 is 15.9 Å². The predicted molar refractivity (Wildman–Crippen MR) is 103 cm³/mol. The number of imidazole rings is 1. The van der Waals surface area contributed by atoms with Crippen LogP contribution in [-0.4, -0.2) is 20.8 Å². The molecule has 0 radical (unpaired) electrons. The Morgan fingerprint density at radius 3 is 2.46 bits per heavy atom. The third-order valence-corrected chi connectivity index (χ3v) is 4.44. The van der Waals surface area contributed by atoms with Crippen LogP contribution in [0.15, 0.2) is 16.7 Å². The maximum Gasteiger partial charge on any atom is 0.270 e. The van der Waals surface area contributed by atoms with E-state index in [1.807, 2.05) is 30.5 Å². The molecular formula is C19H28BrN3O. The fourth-order valence-corrected chi connectivity index (χ4v) is 4.14. The van der Waals surface area contributed by atoms with Crippen LogP contribution in [0, 0.1) is 12.3 Å². The van der Waals surface area contributed by atoms with Gasteiger partial charge in [-0.25, -0.2) is 4.98 Å². The van der Waals surface area contributed by atoms with Gasteiger partial charge in [0.15, 0.2) is 5.65 Å². The fraction of sp³-hybridized carbons (Fsp3) is 0.579. The van der Waals surface area contributed by atoms with Crippen LogP contribution in [0.3, 0.4) is 0 Å². The average Bonchev–Trinajstić information content (AvgIpc) is 2.73. The smallest absolute Gasteiger partial charge is 0.270 e. The van der Waals surface area contributed by atoms with Crippen LogP contribution in [-0.2, 0) is 6.42 Å². The van der Waals surface area contributed by atoms with Gasteiger partial charge in [-0.05, 0) is 66.6 Å². The molecule has 0 bridgehead atoms. The van der Waals surface area contributed by atoms with E-state index in [-0.39, 0.29) is 16.9 Å². The highest BCUT2D eigenvalue weighted by Gasteiger charge is 2.29. The van der Waals surface area contributed by atoms with Crippen molar-refractivity contribution in [1.82, 2.24) is 14.7 Å². The van der Waals surface area contributed by atoms with Crippen LogP contribution in [0.2, 0.25) is 0 Å². The van der Waals surface area contributed by atoms with E-state index in [0.29, 0.717) is 5.69 Å². The molecule has 0 aliphatic carbocycles. The van der Waals surface area contributed by atoms with Gasteiger partial charge in [-0.2, -0.15) is 0 Å². The van der Waals surface area contributed by atoms with E-state index in [0.717, 1.165) is 34.2 Å². The van der Waals surface area contributed by atoms with Crippen molar-refractivity contribution in [2.24, 2.45) is 5.41 Å². The topological polar surface area (TPSA) is 46.4 Å². The van der Waals surface area contributed by atoms with Gasteiger partial charge in [0.2, 0.25) is 0 Å². The van der Waals surface area contributed by atoms with Crippen molar-refractivity contribution < 1.29 is 4.79 Å². The van der Waals surface area contributed by atoms with E-state index in [1.54, 1.807) is 0 Å². The summed E-state index contributed by atoms with van der Waals surface area (Å²) in [7, 11) is 0. The van der Waals surface area contributed by atoms with Crippen molar-refractivity contribution in [1.29, 1.82) is 0 Å². The normalized spacial score (nSPS) is 12.7. The second kappa shape index (κ2) is 6.51. The van der Waals surface area contributed by atoms with Crippen molar-refractivity contribution >= 4 is 27.5 Å². The van der Waals surface area contributed by atoms with Gasteiger partial charge in [0, 0.05) is 11.7 Å². The molecule has 2 aromatic heterocycles. The summed E-state index contributed by atoms with van der Waals surface area (Å²) in [5.41, 5.74) is 3.19. The monoisotopic (exact) mass is 393 g/mol. The molecule has 5 heteroatoms. The first-order valence-electron chi connectivity index (χ1n) is 8.43. The molecule has 1 amide bonds. The zero-order valence-electron chi connectivity index (χ0n) is 15.7. The molecule has 0 aromatic carbocycles. The highest BCUT2D eigenvalue weighted by Crippen LogP contribution is 2.28. The molecule has 4 nitrogen and oxygen atoms in total. The van der Waals surface area contributed by atoms with E-state index in [2.05, 4.69) is 60.8 Å². The summed E-state index contributed by atoms with van der Waals surface area (Å²) < 4.78 is 2.81. The molecule has 0 aliphatic heterocycles. The van der Waals surface area contributed by atoms with Crippen molar-refractivity contribution in [2.45, 2.75) is 66.8 Å². The molecule has 0 atom stereocenters. The zero-order chi connectivity index (χ0) is 18.3. The van der Waals surface area contributed by atoms with Crippen LogP contribution in [0.1, 0.15) is 69.7 Å². The quantitative estimate of drug-likeness (QED) is 0.801. The Balaban J connectivity index is 2.46. The van der Waals surface area contributed by atoms with Crippen molar-refractivity contribution in [3.8, 4) is 0 Å². The number of hydrogen-bond donors (Lipinski definition) is 1. The van der Waals surface area contributed by atoms with Crippen LogP contribution < -0.4 is 5.32 Å². The Labute approximate surface area is 153 Å². The second-order valence-electron chi connectivity index (χ2n) is 8.40. The average molecular weight is 394 g/mol. The maximum absolute atomic E-state index is 13.0. The summed E-state index contributed by atoms with van der Waals surface area (Å²) in [5, 5.41) is 3.21. The number of amides is 1. The Kier molecular flexibility index (Phi) is 5.14. The molecule has 24 heavy (non-hydrogen) atoms. The number of pyridine rings is 1. The summed E-state index contributed by atoms with van der Waals surface area (Å²) in [5.74, 6) is -0.0638. The van der Waals surface area contributed by atoms with E-state index in [4.69, 9.17) is 0 Å². The number of aromatic nitrogens is 2. The zero-order valence-corrected chi connectivity index (χ0v) is 17.3. The highest BCUT2D eigenvalue weighted by molar-refractivity contribution is 9.10. The molecule has 2 aromatic rings. The Hall–Kier alpha value is -1.36. The summed E-state index contributed by atoms with van der Waals surface area (Å²) in [6, 6.07) is 2.02. The van der Waals surface area contributed by atoms with Crippen molar-refractivity contribution in [3.05, 3.63) is 33.7 Å². The van der Waals surface area contributed by atoms with Crippen LogP contribution in [0.5, 0.6) is 0 Å². The molecule has 0 saturated carbocycles. The Bertz CT molecular complexity index is 769. The molecule has 0 saturated heterocycles. The summed E-state index contributed by atoms with van der Waals surface area (Å²) in [6.07, 6.45) is 3.58. The number of nitrogens with one attached hydrogen (secondary N) is 1. The fourth-order valence-electron chi connectivity index (χ4n) is 3.50. The molecule has 0 spiro atoms. The lowest BCUT2D eigenvalue weighted by Crippen LogP contribution is -2.46. The Morgan fingerprint density at radius 1 is 1.29 bits per heavy atom. The lowest BCUT2D eigenvalue weighted by molar-refractivity contribution is 0.0884. The van der Waals surface area contributed by atoms with Gasteiger partial charge in [0.25, 0.3) is 5.91 Å². The number of carbonyl (C=O) groups excluding carboxylic acids is 1. The van der Waals surface area contributed by atoms with Gasteiger partial charge in [0.05, 0.1) is 10.2 Å². The standard InChI is InChI=1S/C19H28BrN3O/c1-8-14-15(17(24)22-19(6,7)11-18(3,4)5)23-10-12(2)9-13(20)16(23)21-14/h9-10H,8,11H2,1-7H3,(H,22,24). The van der Waals surface area contributed by atoms with Gasteiger partial charge in [-0.3, -0.25) is 9.20 Å². The van der Waals surface area contributed by atoms with E-state index in [9.17, 15) is 4.79 Å². The Morgan fingerprint density at radius 2 is 1.92 bits per heavy atom. The van der Waals surface area contributed by atoms with Gasteiger partial charge < -0.3 is 5.32 Å². The number of rotatable bonds is 4. The number of hydrogen-bond acceptors (Lipinski definition) is 2. The number of aryl methyl sites for hydroxylation is 2. The lowest BCUT2D eigenvalue weighted by Gasteiger charge is -2.33. The van der Waals surface area contributed by atoms with Gasteiger partial charge >= 0.3 is 0 Å². The number of halogens is 1. The third-order valence-electron chi connectivity index (χ3n) is 3.86. The van der Waals surface area contributed by atoms with E-state index >= 15 is 0 Å².